The number of benzene rings is 2. The molecule has 0 fully saturated rings. The van der Waals surface area contributed by atoms with Gasteiger partial charge in [0.25, 0.3) is 10.0 Å². The van der Waals surface area contributed by atoms with E-state index in [0.29, 0.717) is 0 Å². The molecule has 21 heavy (non-hydrogen) atoms. The maximum absolute atomic E-state index is 13.1. The van der Waals surface area contributed by atoms with Crippen LogP contribution < -0.4 is 15.2 Å². The highest BCUT2D eigenvalue weighted by Crippen LogP contribution is 2.32. The van der Waals surface area contributed by atoms with Crippen LogP contribution in [0.25, 0.3) is 0 Å². The Morgan fingerprint density at radius 3 is 2.62 bits per heavy atom. The Balaban J connectivity index is 2.48. The van der Waals surface area contributed by atoms with Gasteiger partial charge in [0.15, 0.2) is 0 Å². The summed E-state index contributed by atoms with van der Waals surface area (Å²) in [6.07, 6.45) is 0. The maximum atomic E-state index is 13.1. The van der Waals surface area contributed by atoms with Crippen molar-refractivity contribution in [3.05, 3.63) is 47.2 Å². The van der Waals surface area contributed by atoms with Crippen molar-refractivity contribution >= 4 is 33.0 Å². The average Bonchev–Trinajstić information content (AvgIpc) is 2.40. The van der Waals surface area contributed by atoms with Crippen LogP contribution in [-0.2, 0) is 10.0 Å². The molecule has 2 rings (SSSR count). The molecule has 3 N–H and O–H groups in total. The van der Waals surface area contributed by atoms with Crippen LogP contribution in [0.2, 0.25) is 5.02 Å². The van der Waals surface area contributed by atoms with Crippen molar-refractivity contribution in [2.24, 2.45) is 0 Å². The second kappa shape index (κ2) is 5.79. The number of hydrogen-bond donors (Lipinski definition) is 2. The van der Waals surface area contributed by atoms with Crippen molar-refractivity contribution in [3.8, 4) is 5.75 Å². The molecule has 0 unspecified atom stereocenters. The van der Waals surface area contributed by atoms with E-state index in [2.05, 4.69) is 4.72 Å². The van der Waals surface area contributed by atoms with E-state index in [1.54, 1.807) is 0 Å². The van der Waals surface area contributed by atoms with Gasteiger partial charge < -0.3 is 10.5 Å². The lowest BCUT2D eigenvalue weighted by Gasteiger charge is -2.14. The first kappa shape index (κ1) is 15.4. The summed E-state index contributed by atoms with van der Waals surface area (Å²) in [6.45, 7) is 0. The predicted molar refractivity (Wildman–Crippen MR) is 79.6 cm³/mol. The first-order valence-electron chi connectivity index (χ1n) is 5.75. The van der Waals surface area contributed by atoms with Crippen molar-refractivity contribution in [2.45, 2.75) is 4.90 Å². The van der Waals surface area contributed by atoms with Crippen LogP contribution in [0, 0.1) is 5.82 Å². The normalized spacial score (nSPS) is 11.2. The van der Waals surface area contributed by atoms with Crippen molar-refractivity contribution in [3.63, 3.8) is 0 Å². The third-order valence-corrected chi connectivity index (χ3v) is 4.58. The van der Waals surface area contributed by atoms with Crippen LogP contribution in [0.5, 0.6) is 5.75 Å². The van der Waals surface area contributed by atoms with Gasteiger partial charge in [0.1, 0.15) is 16.5 Å². The minimum Gasteiger partial charge on any atom is -0.494 e. The summed E-state index contributed by atoms with van der Waals surface area (Å²) in [7, 11) is -2.73. The molecule has 0 saturated heterocycles. The van der Waals surface area contributed by atoms with Crippen LogP contribution in [0.3, 0.4) is 0 Å². The van der Waals surface area contributed by atoms with Crippen molar-refractivity contribution in [1.29, 1.82) is 0 Å². The molecule has 0 aromatic heterocycles. The summed E-state index contributed by atoms with van der Waals surface area (Å²) in [6, 6.07) is 7.79. The summed E-state index contributed by atoms with van der Waals surface area (Å²) >= 11 is 5.89. The first-order valence-corrected chi connectivity index (χ1v) is 7.61. The zero-order valence-electron chi connectivity index (χ0n) is 10.9. The lowest BCUT2D eigenvalue weighted by molar-refractivity contribution is 0.413. The number of anilines is 2. The molecular weight excluding hydrogens is 319 g/mol. The smallest absolute Gasteiger partial charge is 0.265 e. The molecule has 2 aromatic rings. The number of sulfonamides is 1. The average molecular weight is 331 g/mol. The Hall–Kier alpha value is -1.99. The Kier molecular flexibility index (Phi) is 4.24. The molecule has 0 spiro atoms. The minimum atomic E-state index is -4.03. The van der Waals surface area contributed by atoms with Crippen LogP contribution in [0.4, 0.5) is 15.8 Å². The van der Waals surface area contributed by atoms with E-state index in [4.69, 9.17) is 22.1 Å². The highest BCUT2D eigenvalue weighted by Gasteiger charge is 2.22. The summed E-state index contributed by atoms with van der Waals surface area (Å²) in [5, 5.41) is -0.0106. The molecule has 2 aromatic carbocycles. The molecule has 0 aliphatic heterocycles. The predicted octanol–water partition coefficient (Wildman–Crippen LogP) is 2.87. The molecular formula is C13H12ClFN2O3S. The van der Waals surface area contributed by atoms with E-state index in [1.807, 2.05) is 0 Å². The number of rotatable bonds is 4. The Morgan fingerprint density at radius 2 is 2.00 bits per heavy atom. The van der Waals surface area contributed by atoms with E-state index in [-0.39, 0.29) is 27.0 Å². The van der Waals surface area contributed by atoms with Crippen LogP contribution >= 0.6 is 11.6 Å². The van der Waals surface area contributed by atoms with Crippen LogP contribution in [0.15, 0.2) is 41.3 Å². The molecule has 112 valence electrons. The van der Waals surface area contributed by atoms with Crippen molar-refractivity contribution in [1.82, 2.24) is 0 Å². The highest BCUT2D eigenvalue weighted by atomic mass is 35.5. The Morgan fingerprint density at radius 1 is 1.29 bits per heavy atom. The molecule has 0 bridgehead atoms. The minimum absolute atomic E-state index is 0.0103. The first-order chi connectivity index (χ1) is 9.85. The Bertz CT molecular complexity index is 761. The standard InChI is InChI=1S/C13H12ClFN2O3S/c1-20-12-7-8(15)5-6-11(12)17-21(18,19)13-9(14)3-2-4-10(13)16/h2-7,17H,16H2,1H3. The van der Waals surface area contributed by atoms with Crippen LogP contribution in [0.1, 0.15) is 0 Å². The third-order valence-electron chi connectivity index (χ3n) is 2.67. The number of methoxy groups -OCH3 is 1. The van der Waals surface area contributed by atoms with Gasteiger partial charge in [-0.3, -0.25) is 4.72 Å². The number of nitrogens with one attached hydrogen (secondary N) is 1. The SMILES string of the molecule is COc1cc(F)ccc1NS(=O)(=O)c1c(N)cccc1Cl. The second-order valence-electron chi connectivity index (χ2n) is 4.11. The highest BCUT2D eigenvalue weighted by molar-refractivity contribution is 7.93. The molecule has 0 heterocycles. The number of nitrogens with two attached hydrogens (primary N) is 1. The van der Waals surface area contributed by atoms with E-state index >= 15 is 0 Å². The van der Waals surface area contributed by atoms with Gasteiger partial charge in [0.05, 0.1) is 23.5 Å². The monoisotopic (exact) mass is 330 g/mol. The van der Waals surface area contributed by atoms with Gasteiger partial charge >= 0.3 is 0 Å². The van der Waals surface area contributed by atoms with E-state index in [0.717, 1.165) is 12.1 Å². The fourth-order valence-corrected chi connectivity index (χ4v) is 3.50. The molecule has 0 amide bonds. The number of nitrogen functional groups attached to an aromatic ring is 1. The molecule has 0 atom stereocenters. The van der Waals surface area contributed by atoms with Crippen molar-refractivity contribution < 1.29 is 17.5 Å². The molecule has 0 aliphatic rings. The van der Waals surface area contributed by atoms with E-state index < -0.39 is 15.8 Å². The fraction of sp³-hybridized carbons (Fsp3) is 0.0769. The number of ether oxygens (including phenoxy) is 1. The second-order valence-corrected chi connectivity index (χ2v) is 6.13. The molecule has 8 heteroatoms. The molecule has 0 saturated carbocycles. The summed E-state index contributed by atoms with van der Waals surface area (Å²) in [4.78, 5) is -0.238. The van der Waals surface area contributed by atoms with Gasteiger partial charge in [0, 0.05) is 6.07 Å². The fourth-order valence-electron chi connectivity index (χ4n) is 1.75. The maximum Gasteiger partial charge on any atom is 0.265 e. The summed E-state index contributed by atoms with van der Waals surface area (Å²) in [5.41, 5.74) is 5.75. The summed E-state index contributed by atoms with van der Waals surface area (Å²) < 4.78 is 45.1. The number of hydrogen-bond acceptors (Lipinski definition) is 4. The molecule has 0 aliphatic carbocycles. The molecule has 5 nitrogen and oxygen atoms in total. The lowest BCUT2D eigenvalue weighted by atomic mass is 10.3. The Labute approximate surface area is 126 Å². The quantitative estimate of drug-likeness (QED) is 0.845. The topological polar surface area (TPSA) is 81.4 Å². The molecule has 0 radical (unpaired) electrons. The lowest BCUT2D eigenvalue weighted by Crippen LogP contribution is -2.16. The zero-order valence-corrected chi connectivity index (χ0v) is 12.5. The summed E-state index contributed by atoms with van der Waals surface area (Å²) in [5.74, 6) is -0.503. The zero-order chi connectivity index (χ0) is 15.6. The van der Waals surface area contributed by atoms with E-state index in [9.17, 15) is 12.8 Å². The van der Waals surface area contributed by atoms with E-state index in [1.165, 1.54) is 31.4 Å². The largest absolute Gasteiger partial charge is 0.494 e. The van der Waals surface area contributed by atoms with Gasteiger partial charge in [-0.25, -0.2) is 12.8 Å². The van der Waals surface area contributed by atoms with Gasteiger partial charge in [-0.2, -0.15) is 0 Å². The third kappa shape index (κ3) is 3.20. The van der Waals surface area contributed by atoms with Crippen molar-refractivity contribution in [2.75, 3.05) is 17.6 Å². The van der Waals surface area contributed by atoms with Gasteiger partial charge in [-0.1, -0.05) is 17.7 Å². The van der Waals surface area contributed by atoms with Gasteiger partial charge in [-0.15, -0.1) is 0 Å². The van der Waals surface area contributed by atoms with Crippen LogP contribution in [-0.4, -0.2) is 15.5 Å². The van der Waals surface area contributed by atoms with Gasteiger partial charge in [-0.05, 0) is 24.3 Å². The number of halogens is 2. The van der Waals surface area contributed by atoms with Gasteiger partial charge in [0.2, 0.25) is 0 Å².